The fourth-order valence-electron chi connectivity index (χ4n) is 5.74. The highest BCUT2D eigenvalue weighted by atomic mass is 19.4. The smallest absolute Gasteiger partial charge is 0.435 e. The van der Waals surface area contributed by atoms with Crippen molar-refractivity contribution < 1.29 is 27.9 Å². The van der Waals surface area contributed by atoms with E-state index in [9.17, 15) is 22.8 Å². The summed E-state index contributed by atoms with van der Waals surface area (Å²) in [6, 6.07) is 21.3. The molecule has 1 saturated carbocycles. The molecule has 0 bridgehead atoms. The van der Waals surface area contributed by atoms with Crippen molar-refractivity contribution in [2.45, 2.75) is 44.2 Å². The van der Waals surface area contributed by atoms with Crippen LogP contribution >= 0.6 is 0 Å². The van der Waals surface area contributed by atoms with Crippen LogP contribution in [0.25, 0.3) is 28.1 Å². The standard InChI is InChI=1S/C32H28F3N5O3/c33-32(34,35)29-25(18-40(39-29)24-4-2-1-3-5-24)31(43)36-23-14-15-26-27(17-23)38-30(37-26)22-12-10-21(11-13-22)20-8-6-19(7-9-20)16-28(41)42/h1-5,10-15,17-20H,6-9,16H2,(H,36,43)(H,37,38)(H,41,42). The van der Waals surface area contributed by atoms with E-state index in [0.717, 1.165) is 42.1 Å². The summed E-state index contributed by atoms with van der Waals surface area (Å²) in [6.45, 7) is 0. The molecule has 43 heavy (non-hydrogen) atoms. The van der Waals surface area contributed by atoms with Crippen molar-refractivity contribution in [3.63, 3.8) is 0 Å². The molecule has 0 saturated heterocycles. The van der Waals surface area contributed by atoms with Gasteiger partial charge in [-0.25, -0.2) is 9.67 Å². The third-order valence-corrected chi connectivity index (χ3v) is 7.95. The number of imidazole rings is 1. The monoisotopic (exact) mass is 587 g/mol. The Morgan fingerprint density at radius 1 is 0.977 bits per heavy atom. The van der Waals surface area contributed by atoms with Crippen LogP contribution in [-0.4, -0.2) is 36.7 Å². The molecule has 11 heteroatoms. The van der Waals surface area contributed by atoms with Gasteiger partial charge in [-0.05, 0) is 73.4 Å². The number of carbonyl (C=O) groups is 2. The Bertz CT molecular complexity index is 1770. The second-order valence-corrected chi connectivity index (χ2v) is 10.9. The summed E-state index contributed by atoms with van der Waals surface area (Å²) in [6.07, 6.45) is 0.247. The molecule has 0 atom stereocenters. The number of hydrogen-bond acceptors (Lipinski definition) is 4. The highest BCUT2D eigenvalue weighted by molar-refractivity contribution is 6.05. The lowest BCUT2D eigenvalue weighted by Gasteiger charge is -2.28. The zero-order chi connectivity index (χ0) is 30.1. The molecule has 0 aliphatic heterocycles. The van der Waals surface area contributed by atoms with Gasteiger partial charge in [0.15, 0.2) is 5.69 Å². The van der Waals surface area contributed by atoms with Gasteiger partial charge in [0.05, 0.1) is 22.3 Å². The number of carboxylic acid groups (broad SMARTS) is 1. The zero-order valence-electron chi connectivity index (χ0n) is 22.9. The number of carbonyl (C=O) groups excluding carboxylic acids is 1. The number of benzene rings is 3. The number of para-hydroxylation sites is 1. The van der Waals surface area contributed by atoms with Gasteiger partial charge in [-0.15, -0.1) is 0 Å². The maximum atomic E-state index is 13.7. The van der Waals surface area contributed by atoms with Crippen molar-refractivity contribution >= 4 is 28.6 Å². The number of rotatable bonds is 7. The number of halogens is 3. The van der Waals surface area contributed by atoms with Crippen molar-refractivity contribution in [2.24, 2.45) is 5.92 Å². The number of nitrogens with zero attached hydrogens (tertiary/aromatic N) is 3. The average molecular weight is 588 g/mol. The summed E-state index contributed by atoms with van der Waals surface area (Å²) in [7, 11) is 0. The minimum absolute atomic E-state index is 0.233. The molecule has 8 nitrogen and oxygen atoms in total. The summed E-state index contributed by atoms with van der Waals surface area (Å²) < 4.78 is 42.3. The fraction of sp³-hybridized carbons (Fsp3) is 0.250. The van der Waals surface area contributed by atoms with Crippen LogP contribution in [-0.2, 0) is 11.0 Å². The van der Waals surface area contributed by atoms with Gasteiger partial charge < -0.3 is 15.4 Å². The van der Waals surface area contributed by atoms with Crippen molar-refractivity contribution in [1.82, 2.24) is 19.7 Å². The Kier molecular flexibility index (Phi) is 7.47. The fourth-order valence-corrected chi connectivity index (χ4v) is 5.74. The van der Waals surface area contributed by atoms with Crippen LogP contribution in [0, 0.1) is 5.92 Å². The molecule has 1 aliphatic carbocycles. The van der Waals surface area contributed by atoms with Crippen LogP contribution in [0.3, 0.4) is 0 Å². The van der Waals surface area contributed by atoms with E-state index in [2.05, 4.69) is 32.5 Å². The zero-order valence-corrected chi connectivity index (χ0v) is 22.9. The van der Waals surface area contributed by atoms with Crippen molar-refractivity contribution in [3.8, 4) is 17.1 Å². The Morgan fingerprint density at radius 3 is 2.37 bits per heavy atom. The van der Waals surface area contributed by atoms with Crippen molar-refractivity contribution in [3.05, 3.63) is 95.8 Å². The SMILES string of the molecule is O=C(O)CC1CCC(c2ccc(-c3nc4ccc(NC(=O)c5cn(-c6ccccc6)nc5C(F)(F)F)cc4[nH]3)cc2)CC1. The second kappa shape index (κ2) is 11.4. The molecule has 0 spiro atoms. The molecule has 2 heterocycles. The van der Waals surface area contributed by atoms with E-state index in [0.29, 0.717) is 34.2 Å². The van der Waals surface area contributed by atoms with E-state index in [-0.39, 0.29) is 12.3 Å². The van der Waals surface area contributed by atoms with E-state index in [1.807, 2.05) is 12.1 Å². The van der Waals surface area contributed by atoms with E-state index in [1.165, 1.54) is 5.56 Å². The average Bonchev–Trinajstić information content (AvgIpc) is 3.63. The number of alkyl halides is 3. The Labute approximate surface area is 244 Å². The van der Waals surface area contributed by atoms with Crippen LogP contribution < -0.4 is 5.32 Å². The topological polar surface area (TPSA) is 113 Å². The molecule has 0 radical (unpaired) electrons. The molecule has 3 N–H and O–H groups in total. The number of H-pyrrole nitrogens is 1. The quantitative estimate of drug-likeness (QED) is 0.183. The molecule has 6 rings (SSSR count). The molecular formula is C32H28F3N5O3. The molecule has 1 amide bonds. The van der Waals surface area contributed by atoms with Gasteiger partial charge in [-0.2, -0.15) is 18.3 Å². The number of aromatic amines is 1. The predicted molar refractivity (Wildman–Crippen MR) is 155 cm³/mol. The van der Waals surface area contributed by atoms with E-state index < -0.39 is 29.3 Å². The Morgan fingerprint density at radius 2 is 1.70 bits per heavy atom. The molecule has 2 aromatic heterocycles. The van der Waals surface area contributed by atoms with Crippen LogP contribution in [0.1, 0.15) is 59.6 Å². The van der Waals surface area contributed by atoms with Gasteiger partial charge in [0.25, 0.3) is 5.91 Å². The molecule has 0 unspecified atom stereocenters. The molecular weight excluding hydrogens is 559 g/mol. The number of carboxylic acids is 1. The second-order valence-electron chi connectivity index (χ2n) is 10.9. The van der Waals surface area contributed by atoms with Crippen LogP contribution in [0.5, 0.6) is 0 Å². The number of aliphatic carboxylic acids is 1. The first-order valence-corrected chi connectivity index (χ1v) is 14.0. The third kappa shape index (κ3) is 6.15. The number of amides is 1. The molecule has 220 valence electrons. The third-order valence-electron chi connectivity index (χ3n) is 7.95. The lowest BCUT2D eigenvalue weighted by molar-refractivity contribution is -0.141. The minimum Gasteiger partial charge on any atom is -0.481 e. The van der Waals surface area contributed by atoms with E-state index >= 15 is 0 Å². The summed E-state index contributed by atoms with van der Waals surface area (Å²) in [5.41, 5.74) is 2.19. The Hall–Kier alpha value is -4.93. The normalized spacial score (nSPS) is 17.2. The number of nitrogens with one attached hydrogen (secondary N) is 2. The first-order valence-electron chi connectivity index (χ1n) is 14.0. The first kappa shape index (κ1) is 28.2. The Balaban J connectivity index is 1.17. The van der Waals surface area contributed by atoms with E-state index in [1.54, 1.807) is 48.5 Å². The molecule has 1 aliphatic rings. The maximum absolute atomic E-state index is 13.7. The van der Waals surface area contributed by atoms with Gasteiger partial charge in [-0.1, -0.05) is 42.5 Å². The largest absolute Gasteiger partial charge is 0.481 e. The van der Waals surface area contributed by atoms with Gasteiger partial charge in [0.1, 0.15) is 5.82 Å². The number of fused-ring (bicyclic) bond motifs is 1. The van der Waals surface area contributed by atoms with E-state index in [4.69, 9.17) is 5.11 Å². The maximum Gasteiger partial charge on any atom is 0.435 e. The minimum atomic E-state index is -4.82. The van der Waals surface area contributed by atoms with Gasteiger partial charge in [0.2, 0.25) is 0 Å². The summed E-state index contributed by atoms with van der Waals surface area (Å²) in [5, 5.41) is 15.3. The van der Waals surface area contributed by atoms with Gasteiger partial charge in [-0.3, -0.25) is 9.59 Å². The molecule has 5 aromatic rings. The highest BCUT2D eigenvalue weighted by Crippen LogP contribution is 2.38. The van der Waals surface area contributed by atoms with Crippen molar-refractivity contribution in [1.29, 1.82) is 0 Å². The lowest BCUT2D eigenvalue weighted by Crippen LogP contribution is -2.17. The number of anilines is 1. The summed E-state index contributed by atoms with van der Waals surface area (Å²) in [5.74, 6) is -0.394. The summed E-state index contributed by atoms with van der Waals surface area (Å²) in [4.78, 5) is 31.9. The first-order chi connectivity index (χ1) is 20.6. The van der Waals surface area contributed by atoms with Crippen molar-refractivity contribution in [2.75, 3.05) is 5.32 Å². The van der Waals surface area contributed by atoms with Gasteiger partial charge in [0, 0.05) is 23.9 Å². The van der Waals surface area contributed by atoms with Crippen LogP contribution in [0.2, 0.25) is 0 Å². The highest BCUT2D eigenvalue weighted by Gasteiger charge is 2.39. The molecule has 3 aromatic carbocycles. The van der Waals surface area contributed by atoms with Crippen LogP contribution in [0.4, 0.5) is 18.9 Å². The number of hydrogen-bond donors (Lipinski definition) is 3. The van der Waals surface area contributed by atoms with Crippen LogP contribution in [0.15, 0.2) is 79.0 Å². The molecule has 1 fully saturated rings. The number of aromatic nitrogens is 4. The summed E-state index contributed by atoms with van der Waals surface area (Å²) >= 11 is 0. The van der Waals surface area contributed by atoms with Gasteiger partial charge >= 0.3 is 12.1 Å². The predicted octanol–water partition coefficient (Wildman–Crippen LogP) is 7.44. The lowest BCUT2D eigenvalue weighted by atomic mass is 9.77.